The standard InChI is InChI=1S/C25H35N5O3/c1-18-8-5-6-9-19(18)16-30-22(31)20-17-28(13-7-11-27-24(32)33-25(2,3)4)14-10-21(20)29-15-12-26-23(29)30/h5-6,8-9H,7,10-17H2,1-4H3,(H,27,32). The first-order valence-corrected chi connectivity index (χ1v) is 11.8. The molecule has 0 unspecified atom stereocenters. The molecule has 1 aromatic carbocycles. The summed E-state index contributed by atoms with van der Waals surface area (Å²) in [4.78, 5) is 36.5. The number of guanidine groups is 1. The van der Waals surface area contributed by atoms with Crippen LogP contribution in [-0.4, -0.2) is 77.5 Å². The Labute approximate surface area is 196 Å². The number of aliphatic imine (C=N–C) groups is 1. The average Bonchev–Trinajstić information content (AvgIpc) is 3.24. The minimum atomic E-state index is -0.497. The molecule has 1 aromatic rings. The van der Waals surface area contributed by atoms with E-state index in [1.807, 2.05) is 37.8 Å². The summed E-state index contributed by atoms with van der Waals surface area (Å²) in [5.41, 5.74) is 3.85. The summed E-state index contributed by atoms with van der Waals surface area (Å²) in [6.45, 7) is 12.6. The first-order chi connectivity index (χ1) is 15.7. The summed E-state index contributed by atoms with van der Waals surface area (Å²) in [6, 6.07) is 8.20. The van der Waals surface area contributed by atoms with E-state index in [9.17, 15) is 9.59 Å². The third-order valence-electron chi connectivity index (χ3n) is 6.19. The van der Waals surface area contributed by atoms with E-state index in [0.717, 1.165) is 61.8 Å². The maximum absolute atomic E-state index is 13.6. The fourth-order valence-electron chi connectivity index (χ4n) is 4.57. The van der Waals surface area contributed by atoms with E-state index in [-0.39, 0.29) is 12.0 Å². The molecule has 8 heteroatoms. The van der Waals surface area contributed by atoms with Gasteiger partial charge in [-0.15, -0.1) is 0 Å². The molecule has 0 bridgehead atoms. The highest BCUT2D eigenvalue weighted by Gasteiger charge is 2.40. The van der Waals surface area contributed by atoms with Gasteiger partial charge in [-0.2, -0.15) is 0 Å². The summed E-state index contributed by atoms with van der Waals surface area (Å²) >= 11 is 0. The van der Waals surface area contributed by atoms with Crippen LogP contribution in [0, 0.1) is 6.92 Å². The number of hydrogen-bond acceptors (Lipinski definition) is 6. The molecule has 0 spiro atoms. The lowest BCUT2D eigenvalue weighted by Crippen LogP contribution is -2.54. The van der Waals surface area contributed by atoms with E-state index < -0.39 is 5.60 Å². The third-order valence-corrected chi connectivity index (χ3v) is 6.19. The fourth-order valence-corrected chi connectivity index (χ4v) is 4.57. The lowest BCUT2D eigenvalue weighted by atomic mass is 10.00. The molecule has 0 saturated heterocycles. The number of carbonyl (C=O) groups excluding carboxylic acids is 2. The molecular weight excluding hydrogens is 418 g/mol. The van der Waals surface area contributed by atoms with Crippen molar-refractivity contribution in [2.24, 2.45) is 4.99 Å². The number of nitrogens with zero attached hydrogens (tertiary/aromatic N) is 4. The Morgan fingerprint density at radius 2 is 2.00 bits per heavy atom. The summed E-state index contributed by atoms with van der Waals surface area (Å²) in [5.74, 6) is 0.874. The maximum atomic E-state index is 13.6. The highest BCUT2D eigenvalue weighted by atomic mass is 16.6. The summed E-state index contributed by atoms with van der Waals surface area (Å²) < 4.78 is 5.29. The molecule has 0 saturated carbocycles. The van der Waals surface area contributed by atoms with E-state index in [1.165, 1.54) is 5.56 Å². The largest absolute Gasteiger partial charge is 0.444 e. The monoisotopic (exact) mass is 453 g/mol. The van der Waals surface area contributed by atoms with Gasteiger partial charge < -0.3 is 15.0 Å². The molecular formula is C25H35N5O3. The number of fused-ring (bicyclic) bond motifs is 2. The van der Waals surface area contributed by atoms with Gasteiger partial charge in [-0.05, 0) is 45.2 Å². The number of benzene rings is 1. The van der Waals surface area contributed by atoms with Gasteiger partial charge in [0.05, 0.1) is 18.7 Å². The number of ether oxygens (including phenoxy) is 1. The minimum absolute atomic E-state index is 0.0710. The normalized spacial score (nSPS) is 18.8. The second kappa shape index (κ2) is 9.55. The van der Waals surface area contributed by atoms with Crippen LogP contribution in [0.5, 0.6) is 0 Å². The number of alkyl carbamates (subject to hydrolysis) is 1. The minimum Gasteiger partial charge on any atom is -0.444 e. The van der Waals surface area contributed by atoms with Crippen LogP contribution in [0.4, 0.5) is 4.79 Å². The molecule has 0 aliphatic carbocycles. The molecule has 3 aliphatic rings. The van der Waals surface area contributed by atoms with Crippen LogP contribution in [0.3, 0.4) is 0 Å². The van der Waals surface area contributed by atoms with Gasteiger partial charge >= 0.3 is 6.09 Å². The predicted molar refractivity (Wildman–Crippen MR) is 128 cm³/mol. The number of amides is 2. The number of carbonyl (C=O) groups is 2. The Morgan fingerprint density at radius 1 is 1.21 bits per heavy atom. The molecule has 0 aromatic heterocycles. The zero-order valence-corrected chi connectivity index (χ0v) is 20.2. The van der Waals surface area contributed by atoms with Crippen LogP contribution in [0.1, 0.15) is 44.7 Å². The Hall–Kier alpha value is -2.87. The van der Waals surface area contributed by atoms with Crippen molar-refractivity contribution in [3.05, 3.63) is 46.7 Å². The topological polar surface area (TPSA) is 77.5 Å². The molecule has 2 amide bonds. The van der Waals surface area contributed by atoms with Crippen LogP contribution >= 0.6 is 0 Å². The van der Waals surface area contributed by atoms with Crippen LogP contribution in [0.25, 0.3) is 0 Å². The molecule has 3 heterocycles. The SMILES string of the molecule is Cc1ccccc1CN1C(=O)C2=C(CCN(CCCNC(=O)OC(C)(C)C)C2)N2CCN=C12. The molecule has 0 fully saturated rings. The predicted octanol–water partition coefficient (Wildman–Crippen LogP) is 2.88. The highest BCUT2D eigenvalue weighted by molar-refractivity contribution is 6.09. The maximum Gasteiger partial charge on any atom is 0.407 e. The lowest BCUT2D eigenvalue weighted by molar-refractivity contribution is -0.125. The number of hydrogen-bond donors (Lipinski definition) is 1. The van der Waals surface area contributed by atoms with E-state index in [4.69, 9.17) is 4.74 Å². The second-order valence-electron chi connectivity index (χ2n) is 9.88. The Kier molecular flexibility index (Phi) is 6.74. The first-order valence-electron chi connectivity index (χ1n) is 11.8. The highest BCUT2D eigenvalue weighted by Crippen LogP contribution is 2.32. The third kappa shape index (κ3) is 5.38. The molecule has 4 rings (SSSR count). The van der Waals surface area contributed by atoms with Crippen molar-refractivity contribution in [3.63, 3.8) is 0 Å². The summed E-state index contributed by atoms with van der Waals surface area (Å²) in [6.07, 6.45) is 1.26. The molecule has 178 valence electrons. The molecule has 1 N–H and O–H groups in total. The van der Waals surface area contributed by atoms with Gasteiger partial charge in [-0.25, -0.2) is 4.79 Å². The van der Waals surface area contributed by atoms with Crippen LogP contribution in [-0.2, 0) is 16.1 Å². The Bertz CT molecular complexity index is 978. The van der Waals surface area contributed by atoms with Crippen molar-refractivity contribution in [3.8, 4) is 0 Å². The quantitative estimate of drug-likeness (QED) is 0.671. The number of aryl methyl sites for hydroxylation is 1. The van der Waals surface area contributed by atoms with Gasteiger partial charge in [0.25, 0.3) is 5.91 Å². The van der Waals surface area contributed by atoms with Gasteiger partial charge in [0.15, 0.2) is 0 Å². The van der Waals surface area contributed by atoms with Gasteiger partial charge in [0.2, 0.25) is 5.96 Å². The van der Waals surface area contributed by atoms with Crippen molar-refractivity contribution in [1.29, 1.82) is 0 Å². The first kappa shape index (κ1) is 23.3. The van der Waals surface area contributed by atoms with E-state index >= 15 is 0 Å². The van der Waals surface area contributed by atoms with Gasteiger partial charge in [-0.3, -0.25) is 19.6 Å². The molecule has 3 aliphatic heterocycles. The average molecular weight is 454 g/mol. The number of rotatable bonds is 6. The van der Waals surface area contributed by atoms with Gasteiger partial charge in [0.1, 0.15) is 5.60 Å². The molecule has 0 radical (unpaired) electrons. The van der Waals surface area contributed by atoms with E-state index in [1.54, 1.807) is 0 Å². The molecule has 8 nitrogen and oxygen atoms in total. The van der Waals surface area contributed by atoms with Crippen LogP contribution in [0.2, 0.25) is 0 Å². The van der Waals surface area contributed by atoms with E-state index in [2.05, 4.69) is 39.2 Å². The van der Waals surface area contributed by atoms with Crippen molar-refractivity contribution in [2.45, 2.75) is 52.7 Å². The van der Waals surface area contributed by atoms with Gasteiger partial charge in [0, 0.05) is 44.8 Å². The van der Waals surface area contributed by atoms with Crippen LogP contribution in [0.15, 0.2) is 40.5 Å². The molecule has 0 atom stereocenters. The lowest BCUT2D eigenvalue weighted by Gasteiger charge is -2.42. The van der Waals surface area contributed by atoms with Crippen molar-refractivity contribution in [2.75, 3.05) is 39.3 Å². The van der Waals surface area contributed by atoms with E-state index in [0.29, 0.717) is 19.6 Å². The summed E-state index contributed by atoms with van der Waals surface area (Å²) in [5, 5.41) is 2.81. The zero-order chi connectivity index (χ0) is 23.6. The van der Waals surface area contributed by atoms with Gasteiger partial charge in [-0.1, -0.05) is 24.3 Å². The van der Waals surface area contributed by atoms with Crippen LogP contribution < -0.4 is 5.32 Å². The Balaban J connectivity index is 1.38. The van der Waals surface area contributed by atoms with Crippen molar-refractivity contribution < 1.29 is 14.3 Å². The summed E-state index contributed by atoms with van der Waals surface area (Å²) in [7, 11) is 0. The fraction of sp³-hybridized carbons (Fsp3) is 0.560. The smallest absolute Gasteiger partial charge is 0.407 e. The van der Waals surface area contributed by atoms with Crippen molar-refractivity contribution >= 4 is 18.0 Å². The zero-order valence-electron chi connectivity index (χ0n) is 20.2. The Morgan fingerprint density at radius 3 is 2.76 bits per heavy atom. The van der Waals surface area contributed by atoms with Crippen molar-refractivity contribution in [1.82, 2.24) is 20.0 Å². The number of nitrogens with one attached hydrogen (secondary N) is 1. The molecule has 33 heavy (non-hydrogen) atoms. The second-order valence-corrected chi connectivity index (χ2v) is 9.88.